The molecular weight excluding hydrogens is 306 g/mol. The first-order chi connectivity index (χ1) is 10.7. The van der Waals surface area contributed by atoms with Gasteiger partial charge in [-0.05, 0) is 24.3 Å². The van der Waals surface area contributed by atoms with Gasteiger partial charge in [0.2, 0.25) is 0 Å². The van der Waals surface area contributed by atoms with E-state index < -0.39 is 5.97 Å². The van der Waals surface area contributed by atoms with Gasteiger partial charge in [-0.25, -0.2) is 9.97 Å². The molecule has 0 unspecified atom stereocenters. The van der Waals surface area contributed by atoms with Crippen LogP contribution in [0.1, 0.15) is 0 Å². The first kappa shape index (κ1) is 14.3. The van der Waals surface area contributed by atoms with E-state index in [0.29, 0.717) is 16.3 Å². The minimum absolute atomic E-state index is 0.102. The number of aliphatic carboxylic acids is 1. The zero-order valence-corrected chi connectivity index (χ0v) is 12.3. The van der Waals surface area contributed by atoms with Crippen molar-refractivity contribution >= 4 is 28.9 Å². The number of fused-ring (bicyclic) bond motifs is 1. The molecule has 0 aliphatic heterocycles. The minimum atomic E-state index is -0.921. The lowest BCUT2D eigenvalue weighted by Gasteiger charge is -2.04. The number of carboxylic acid groups (broad SMARTS) is 1. The monoisotopic (exact) mass is 317 g/mol. The quantitative estimate of drug-likeness (QED) is 0.556. The van der Waals surface area contributed by atoms with Crippen LogP contribution in [-0.4, -0.2) is 48.9 Å². The number of thioether (sulfide) groups is 1. The maximum atomic E-state index is 10.6. The second-order valence-corrected chi connectivity index (χ2v) is 5.19. The lowest BCUT2D eigenvalue weighted by molar-refractivity contribution is -0.133. The standard InChI is InChI=1S/C13H11N5O3S/c1-21-9-4-2-8(3-5-9)18-12-10(16-17-18)6-14-13(15-12)22-7-11(19)20/h2-6H,7H2,1H3,(H,19,20). The zero-order chi connectivity index (χ0) is 15.5. The molecule has 0 radical (unpaired) electrons. The Hall–Kier alpha value is -2.68. The summed E-state index contributed by atoms with van der Waals surface area (Å²) in [6.07, 6.45) is 1.53. The van der Waals surface area contributed by atoms with Gasteiger partial charge >= 0.3 is 5.97 Å². The number of ether oxygens (including phenoxy) is 1. The minimum Gasteiger partial charge on any atom is -0.497 e. The molecule has 2 heterocycles. The van der Waals surface area contributed by atoms with Crippen molar-refractivity contribution in [2.24, 2.45) is 0 Å². The normalized spacial score (nSPS) is 10.8. The van der Waals surface area contributed by atoms with Crippen LogP contribution in [0.4, 0.5) is 0 Å². The van der Waals surface area contributed by atoms with Crippen LogP contribution in [0.5, 0.6) is 5.75 Å². The van der Waals surface area contributed by atoms with Crippen molar-refractivity contribution in [2.45, 2.75) is 5.16 Å². The van der Waals surface area contributed by atoms with Gasteiger partial charge in [0.15, 0.2) is 16.3 Å². The molecule has 9 heteroatoms. The van der Waals surface area contributed by atoms with Crippen LogP contribution in [0.2, 0.25) is 0 Å². The molecule has 22 heavy (non-hydrogen) atoms. The molecule has 1 N–H and O–H groups in total. The predicted octanol–water partition coefficient (Wildman–Crippen LogP) is 1.40. The second kappa shape index (κ2) is 5.98. The van der Waals surface area contributed by atoms with E-state index in [9.17, 15) is 4.79 Å². The molecule has 3 rings (SSSR count). The van der Waals surface area contributed by atoms with E-state index in [4.69, 9.17) is 9.84 Å². The van der Waals surface area contributed by atoms with Crippen LogP contribution in [0.25, 0.3) is 16.9 Å². The Labute approximate surface area is 129 Å². The molecule has 2 aromatic heterocycles. The molecule has 8 nitrogen and oxygen atoms in total. The van der Waals surface area contributed by atoms with Crippen molar-refractivity contribution in [1.82, 2.24) is 25.0 Å². The van der Waals surface area contributed by atoms with Gasteiger partial charge in [-0.15, -0.1) is 5.10 Å². The van der Waals surface area contributed by atoms with Crippen molar-refractivity contribution in [3.63, 3.8) is 0 Å². The van der Waals surface area contributed by atoms with E-state index in [-0.39, 0.29) is 5.75 Å². The highest BCUT2D eigenvalue weighted by molar-refractivity contribution is 7.99. The Morgan fingerprint density at radius 1 is 1.36 bits per heavy atom. The molecule has 0 amide bonds. The summed E-state index contributed by atoms with van der Waals surface area (Å²) in [4.78, 5) is 19.0. The third-order valence-corrected chi connectivity index (χ3v) is 3.66. The maximum absolute atomic E-state index is 10.6. The van der Waals surface area contributed by atoms with Crippen LogP contribution in [-0.2, 0) is 4.79 Å². The molecule has 0 aliphatic rings. The van der Waals surface area contributed by atoms with Gasteiger partial charge in [-0.3, -0.25) is 4.79 Å². The molecule has 0 fully saturated rings. The Bertz CT molecular complexity index is 818. The van der Waals surface area contributed by atoms with Gasteiger partial charge in [0.25, 0.3) is 0 Å². The van der Waals surface area contributed by atoms with Gasteiger partial charge in [-0.1, -0.05) is 17.0 Å². The highest BCUT2D eigenvalue weighted by atomic mass is 32.2. The SMILES string of the molecule is COc1ccc(-n2nnc3cnc(SCC(=O)O)nc32)cc1. The number of rotatable bonds is 5. The summed E-state index contributed by atoms with van der Waals surface area (Å²) in [5.41, 5.74) is 1.83. The fraction of sp³-hybridized carbons (Fsp3) is 0.154. The Morgan fingerprint density at radius 3 is 2.82 bits per heavy atom. The summed E-state index contributed by atoms with van der Waals surface area (Å²) in [7, 11) is 1.60. The highest BCUT2D eigenvalue weighted by Crippen LogP contribution is 2.20. The van der Waals surface area contributed by atoms with Gasteiger partial charge in [0, 0.05) is 0 Å². The van der Waals surface area contributed by atoms with Crippen molar-refractivity contribution in [3.05, 3.63) is 30.5 Å². The molecule has 3 aromatic rings. The van der Waals surface area contributed by atoms with E-state index >= 15 is 0 Å². The number of carboxylic acids is 1. The molecule has 0 saturated heterocycles. The van der Waals surface area contributed by atoms with Gasteiger partial charge in [0.05, 0.1) is 24.7 Å². The van der Waals surface area contributed by atoms with E-state index in [1.807, 2.05) is 24.3 Å². The van der Waals surface area contributed by atoms with Crippen LogP contribution >= 0.6 is 11.8 Å². The molecular formula is C13H11N5O3S. The lowest BCUT2D eigenvalue weighted by Crippen LogP contribution is -2.01. The van der Waals surface area contributed by atoms with E-state index in [1.165, 1.54) is 6.20 Å². The molecule has 0 saturated carbocycles. The summed E-state index contributed by atoms with van der Waals surface area (Å²) < 4.78 is 6.69. The summed E-state index contributed by atoms with van der Waals surface area (Å²) in [5.74, 6) is -0.286. The fourth-order valence-electron chi connectivity index (χ4n) is 1.81. The topological polar surface area (TPSA) is 103 Å². The second-order valence-electron chi connectivity index (χ2n) is 4.24. The third kappa shape index (κ3) is 2.84. The molecule has 0 atom stereocenters. The van der Waals surface area contributed by atoms with Crippen molar-refractivity contribution in [2.75, 3.05) is 12.9 Å². The predicted molar refractivity (Wildman–Crippen MR) is 79.4 cm³/mol. The molecule has 0 aliphatic carbocycles. The Morgan fingerprint density at radius 2 is 2.14 bits per heavy atom. The van der Waals surface area contributed by atoms with Gasteiger partial charge in [-0.2, -0.15) is 4.68 Å². The van der Waals surface area contributed by atoms with Crippen molar-refractivity contribution < 1.29 is 14.6 Å². The average Bonchev–Trinajstić information content (AvgIpc) is 2.96. The van der Waals surface area contributed by atoms with Crippen LogP contribution in [0, 0.1) is 0 Å². The van der Waals surface area contributed by atoms with Crippen molar-refractivity contribution in [3.8, 4) is 11.4 Å². The van der Waals surface area contributed by atoms with Crippen LogP contribution in [0.3, 0.4) is 0 Å². The zero-order valence-electron chi connectivity index (χ0n) is 11.5. The summed E-state index contributed by atoms with van der Waals surface area (Å²) in [5, 5.41) is 17.1. The molecule has 0 spiro atoms. The van der Waals surface area contributed by atoms with E-state index in [0.717, 1.165) is 23.2 Å². The number of hydrogen-bond donors (Lipinski definition) is 1. The number of hydrogen-bond acceptors (Lipinski definition) is 7. The number of methoxy groups -OCH3 is 1. The largest absolute Gasteiger partial charge is 0.497 e. The first-order valence-corrected chi connectivity index (χ1v) is 7.23. The number of aromatic nitrogens is 5. The number of benzene rings is 1. The summed E-state index contributed by atoms with van der Waals surface area (Å²) >= 11 is 1.05. The summed E-state index contributed by atoms with van der Waals surface area (Å²) in [6, 6.07) is 7.28. The van der Waals surface area contributed by atoms with E-state index in [2.05, 4.69) is 20.3 Å². The first-order valence-electron chi connectivity index (χ1n) is 6.25. The Balaban J connectivity index is 1.98. The Kier molecular flexibility index (Phi) is 3.88. The molecule has 1 aromatic carbocycles. The highest BCUT2D eigenvalue weighted by Gasteiger charge is 2.11. The third-order valence-electron chi connectivity index (χ3n) is 2.81. The molecule has 112 valence electrons. The van der Waals surface area contributed by atoms with Crippen LogP contribution in [0.15, 0.2) is 35.6 Å². The summed E-state index contributed by atoms with van der Waals surface area (Å²) in [6.45, 7) is 0. The number of nitrogens with zero attached hydrogens (tertiary/aromatic N) is 5. The lowest BCUT2D eigenvalue weighted by atomic mass is 10.3. The average molecular weight is 317 g/mol. The van der Waals surface area contributed by atoms with Crippen LogP contribution < -0.4 is 4.74 Å². The smallest absolute Gasteiger partial charge is 0.313 e. The molecule has 0 bridgehead atoms. The van der Waals surface area contributed by atoms with Crippen molar-refractivity contribution in [1.29, 1.82) is 0 Å². The fourth-order valence-corrected chi connectivity index (χ4v) is 2.34. The maximum Gasteiger partial charge on any atom is 0.313 e. The van der Waals surface area contributed by atoms with E-state index in [1.54, 1.807) is 11.8 Å². The number of carbonyl (C=O) groups is 1. The van der Waals surface area contributed by atoms with Gasteiger partial charge < -0.3 is 9.84 Å². The van der Waals surface area contributed by atoms with Gasteiger partial charge in [0.1, 0.15) is 5.75 Å².